The van der Waals surface area contributed by atoms with Crippen molar-refractivity contribution in [3.8, 4) is 10.4 Å². The third-order valence-corrected chi connectivity index (χ3v) is 6.62. The van der Waals surface area contributed by atoms with Gasteiger partial charge < -0.3 is 4.90 Å². The number of sulfonamides is 1. The second-order valence-corrected chi connectivity index (χ2v) is 8.67. The molecule has 0 spiro atoms. The molecule has 0 radical (unpaired) electrons. The zero-order chi connectivity index (χ0) is 18.0. The Balaban J connectivity index is 1.82. The van der Waals surface area contributed by atoms with E-state index in [9.17, 15) is 12.8 Å². The van der Waals surface area contributed by atoms with Gasteiger partial charge in [0.2, 0.25) is 0 Å². The zero-order valence-corrected chi connectivity index (χ0v) is 15.4. The minimum atomic E-state index is -3.66. The monoisotopic (exact) mass is 376 g/mol. The molecule has 0 fully saturated rings. The molecular formula is C18H17FN2O2S2. The van der Waals surface area contributed by atoms with Crippen LogP contribution in [0.3, 0.4) is 0 Å². The van der Waals surface area contributed by atoms with Crippen molar-refractivity contribution in [2.24, 2.45) is 0 Å². The van der Waals surface area contributed by atoms with Gasteiger partial charge in [0.15, 0.2) is 0 Å². The number of hydrogen-bond donors (Lipinski definition) is 1. The number of hydrogen-bond acceptors (Lipinski definition) is 4. The van der Waals surface area contributed by atoms with Crippen molar-refractivity contribution in [3.05, 3.63) is 66.5 Å². The van der Waals surface area contributed by atoms with Gasteiger partial charge in [-0.15, -0.1) is 11.3 Å². The number of halogens is 1. The quantitative estimate of drug-likeness (QED) is 0.717. The summed E-state index contributed by atoms with van der Waals surface area (Å²) in [6.07, 6.45) is 0. The van der Waals surface area contributed by atoms with Crippen LogP contribution >= 0.6 is 11.3 Å². The molecule has 0 saturated heterocycles. The highest BCUT2D eigenvalue weighted by molar-refractivity contribution is 7.94. The molecule has 130 valence electrons. The highest BCUT2D eigenvalue weighted by Crippen LogP contribution is 2.32. The smallest absolute Gasteiger partial charge is 0.271 e. The van der Waals surface area contributed by atoms with E-state index in [2.05, 4.69) is 4.72 Å². The van der Waals surface area contributed by atoms with E-state index in [1.807, 2.05) is 31.1 Å². The molecule has 7 heteroatoms. The van der Waals surface area contributed by atoms with E-state index in [0.717, 1.165) is 27.5 Å². The molecule has 0 saturated carbocycles. The lowest BCUT2D eigenvalue weighted by atomic mass is 10.2. The first-order chi connectivity index (χ1) is 11.8. The maximum atomic E-state index is 13.0. The van der Waals surface area contributed by atoms with Crippen molar-refractivity contribution < 1.29 is 12.8 Å². The van der Waals surface area contributed by atoms with Crippen LogP contribution in [-0.2, 0) is 10.0 Å². The minimum absolute atomic E-state index is 0.212. The Morgan fingerprint density at radius 3 is 2.16 bits per heavy atom. The number of nitrogens with one attached hydrogen (secondary N) is 1. The topological polar surface area (TPSA) is 49.4 Å². The van der Waals surface area contributed by atoms with E-state index in [0.29, 0.717) is 5.69 Å². The first kappa shape index (κ1) is 17.4. The summed E-state index contributed by atoms with van der Waals surface area (Å²) in [5, 5.41) is 0. The summed E-state index contributed by atoms with van der Waals surface area (Å²) in [7, 11) is 0.176. The number of thiophene rings is 1. The van der Waals surface area contributed by atoms with Crippen molar-refractivity contribution in [2.45, 2.75) is 4.21 Å². The molecule has 0 aliphatic rings. The molecule has 4 nitrogen and oxygen atoms in total. The summed E-state index contributed by atoms with van der Waals surface area (Å²) in [6.45, 7) is 0. The number of benzene rings is 2. The van der Waals surface area contributed by atoms with E-state index < -0.39 is 10.0 Å². The van der Waals surface area contributed by atoms with Crippen molar-refractivity contribution in [1.82, 2.24) is 0 Å². The predicted octanol–water partition coefficient (Wildman–Crippen LogP) is 4.42. The van der Waals surface area contributed by atoms with Gasteiger partial charge in [-0.25, -0.2) is 12.8 Å². The number of anilines is 2. The van der Waals surface area contributed by atoms with Crippen molar-refractivity contribution >= 4 is 32.7 Å². The van der Waals surface area contributed by atoms with Gasteiger partial charge in [-0.3, -0.25) is 4.72 Å². The molecule has 0 atom stereocenters. The Hall–Kier alpha value is -2.38. The normalized spacial score (nSPS) is 11.3. The van der Waals surface area contributed by atoms with Gasteiger partial charge in [0, 0.05) is 30.3 Å². The molecule has 3 rings (SSSR count). The Morgan fingerprint density at radius 2 is 1.56 bits per heavy atom. The predicted molar refractivity (Wildman–Crippen MR) is 101 cm³/mol. The second kappa shape index (κ2) is 6.85. The number of rotatable bonds is 5. The molecule has 2 aromatic carbocycles. The van der Waals surface area contributed by atoms with Crippen LogP contribution in [0.5, 0.6) is 0 Å². The van der Waals surface area contributed by atoms with E-state index in [4.69, 9.17) is 0 Å². The van der Waals surface area contributed by atoms with E-state index in [1.165, 1.54) is 12.1 Å². The fraction of sp³-hybridized carbons (Fsp3) is 0.111. The third-order valence-electron chi connectivity index (χ3n) is 3.61. The molecule has 1 N–H and O–H groups in total. The Bertz CT molecular complexity index is 963. The van der Waals surface area contributed by atoms with Crippen LogP contribution in [-0.4, -0.2) is 22.5 Å². The first-order valence-corrected chi connectivity index (χ1v) is 9.81. The Labute approximate surface area is 150 Å². The second-order valence-electron chi connectivity index (χ2n) is 5.67. The van der Waals surface area contributed by atoms with Crippen LogP contribution in [0.15, 0.2) is 64.9 Å². The van der Waals surface area contributed by atoms with Crippen LogP contribution in [0.1, 0.15) is 0 Å². The Morgan fingerprint density at radius 1 is 0.920 bits per heavy atom. The molecule has 0 bridgehead atoms. The highest BCUT2D eigenvalue weighted by Gasteiger charge is 2.17. The average Bonchev–Trinajstić information content (AvgIpc) is 3.06. The van der Waals surface area contributed by atoms with Gasteiger partial charge in [0.05, 0.1) is 0 Å². The number of nitrogens with zero attached hydrogens (tertiary/aromatic N) is 1. The van der Waals surface area contributed by atoms with Crippen LogP contribution in [0.25, 0.3) is 10.4 Å². The fourth-order valence-corrected chi connectivity index (χ4v) is 4.64. The fourth-order valence-electron chi connectivity index (χ4n) is 2.27. The lowest BCUT2D eigenvalue weighted by molar-refractivity contribution is 0.603. The van der Waals surface area contributed by atoms with E-state index in [-0.39, 0.29) is 10.0 Å². The van der Waals surface area contributed by atoms with E-state index >= 15 is 0 Å². The summed E-state index contributed by atoms with van der Waals surface area (Å²) in [5.41, 5.74) is 2.27. The standard InChI is InChI=1S/C18H17FN2O2S2/c1-21(2)16-9-7-15(8-10-16)20-25(22,23)18-12-11-17(24-18)13-3-5-14(19)6-4-13/h3-12,20H,1-2H3. The maximum absolute atomic E-state index is 13.0. The molecule has 0 aliphatic carbocycles. The van der Waals surface area contributed by atoms with Gasteiger partial charge in [0.25, 0.3) is 10.0 Å². The lowest BCUT2D eigenvalue weighted by Crippen LogP contribution is -2.12. The highest BCUT2D eigenvalue weighted by atomic mass is 32.2. The van der Waals surface area contributed by atoms with Gasteiger partial charge >= 0.3 is 0 Å². The third kappa shape index (κ3) is 4.00. The summed E-state index contributed by atoms with van der Waals surface area (Å²) < 4.78 is 40.9. The largest absolute Gasteiger partial charge is 0.378 e. The molecule has 1 heterocycles. The van der Waals surface area contributed by atoms with Crippen LogP contribution < -0.4 is 9.62 Å². The zero-order valence-electron chi connectivity index (χ0n) is 13.7. The summed E-state index contributed by atoms with van der Waals surface area (Å²) >= 11 is 1.14. The molecular weight excluding hydrogens is 359 g/mol. The summed E-state index contributed by atoms with van der Waals surface area (Å²) in [6, 6.07) is 16.4. The van der Waals surface area contributed by atoms with E-state index in [1.54, 1.807) is 36.4 Å². The first-order valence-electron chi connectivity index (χ1n) is 7.51. The van der Waals surface area contributed by atoms with Crippen LogP contribution in [0, 0.1) is 5.82 Å². The maximum Gasteiger partial charge on any atom is 0.271 e. The average molecular weight is 376 g/mol. The van der Waals surface area contributed by atoms with Crippen molar-refractivity contribution in [1.29, 1.82) is 0 Å². The summed E-state index contributed by atoms with van der Waals surface area (Å²) in [5.74, 6) is -0.323. The van der Waals surface area contributed by atoms with Crippen LogP contribution in [0.2, 0.25) is 0 Å². The van der Waals surface area contributed by atoms with Gasteiger partial charge in [-0.2, -0.15) is 0 Å². The molecule has 0 unspecified atom stereocenters. The minimum Gasteiger partial charge on any atom is -0.378 e. The van der Waals surface area contributed by atoms with Gasteiger partial charge in [-0.1, -0.05) is 12.1 Å². The molecule has 1 aromatic heterocycles. The van der Waals surface area contributed by atoms with Crippen molar-refractivity contribution in [2.75, 3.05) is 23.7 Å². The molecule has 25 heavy (non-hydrogen) atoms. The van der Waals surface area contributed by atoms with Gasteiger partial charge in [-0.05, 0) is 54.1 Å². The molecule has 0 amide bonds. The Kier molecular flexibility index (Phi) is 4.78. The van der Waals surface area contributed by atoms with Crippen molar-refractivity contribution in [3.63, 3.8) is 0 Å². The molecule has 0 aliphatic heterocycles. The summed E-state index contributed by atoms with van der Waals surface area (Å²) in [4.78, 5) is 2.70. The lowest BCUT2D eigenvalue weighted by Gasteiger charge is -2.13. The van der Waals surface area contributed by atoms with Crippen LogP contribution in [0.4, 0.5) is 15.8 Å². The molecule has 3 aromatic rings. The van der Waals surface area contributed by atoms with Gasteiger partial charge in [0.1, 0.15) is 10.0 Å². The SMILES string of the molecule is CN(C)c1ccc(NS(=O)(=O)c2ccc(-c3ccc(F)cc3)s2)cc1.